The second kappa shape index (κ2) is 57.6. The maximum absolute atomic E-state index is 13.6. The maximum Gasteiger partial charge on any atom is 0.306 e. The molecule has 0 saturated carbocycles. The number of esters is 1. The molecule has 452 valence electrons. The SMILES string of the molecule is CC/C=C\C/C=C\C/C=C\C/C=C\C/C=C\CCCCCCCC(=O)NC(COP(=O)([O-])OCC[N+](C)(C)C)C(/C=C/CCCCCCCCCCCCC)OC(=O)CCCCC/C=C\C/C=C\C/C=C\C/C=C\CCCCC. The van der Waals surface area contributed by atoms with Crippen molar-refractivity contribution in [2.45, 2.75) is 264 Å². The molecule has 0 aromatic rings. The lowest BCUT2D eigenvalue weighted by atomic mass is 10.0. The lowest BCUT2D eigenvalue weighted by Gasteiger charge is -2.30. The second-order valence-corrected chi connectivity index (χ2v) is 23.6. The van der Waals surface area contributed by atoms with Gasteiger partial charge in [-0.1, -0.05) is 239 Å². The number of phosphoric ester groups is 1. The first kappa shape index (κ1) is 75.4. The zero-order chi connectivity index (χ0) is 57.9. The summed E-state index contributed by atoms with van der Waals surface area (Å²) in [6, 6.07) is -0.921. The number of phosphoric acid groups is 1. The van der Waals surface area contributed by atoms with Crippen LogP contribution >= 0.6 is 7.82 Å². The number of carbonyl (C=O) groups is 2. The van der Waals surface area contributed by atoms with Crippen LogP contribution < -0.4 is 10.2 Å². The molecule has 10 heteroatoms. The molecule has 3 unspecified atom stereocenters. The molecule has 0 rings (SSSR count). The molecule has 0 aromatic carbocycles. The lowest BCUT2D eigenvalue weighted by Crippen LogP contribution is -2.47. The van der Waals surface area contributed by atoms with Gasteiger partial charge in [0.2, 0.25) is 5.91 Å². The van der Waals surface area contributed by atoms with E-state index < -0.39 is 26.6 Å². The zero-order valence-corrected chi connectivity index (χ0v) is 52.4. The Morgan fingerprint density at radius 2 is 0.810 bits per heavy atom. The Kier molecular flexibility index (Phi) is 55.0. The molecule has 9 nitrogen and oxygen atoms in total. The predicted molar refractivity (Wildman–Crippen MR) is 339 cm³/mol. The van der Waals surface area contributed by atoms with Crippen LogP contribution in [0.15, 0.2) is 122 Å². The van der Waals surface area contributed by atoms with Crippen molar-refractivity contribution >= 4 is 19.7 Å². The molecule has 0 spiro atoms. The summed E-state index contributed by atoms with van der Waals surface area (Å²) in [4.78, 5) is 40.0. The number of unbranched alkanes of at least 4 members (excludes halogenated alkanes) is 22. The van der Waals surface area contributed by atoms with Crippen molar-refractivity contribution < 1.29 is 37.3 Å². The standard InChI is InChI=1S/C69H119N2O7P/c1-7-10-13-16-19-22-25-28-30-32-34-35-37-38-40-43-46-49-52-55-58-61-68(72)70-66(65-77-79(74,75)76-64-63-71(4,5)6)67(60-57-54-51-48-45-42-27-24-21-18-15-12-9-3)78-69(73)62-59-56-53-50-47-44-41-39-36-33-31-29-26-23-20-17-14-11-8-2/h10,13,19-20,22-23,28-31,34-36,38-40,44,47,57,60,66-67H,7-9,11-12,14-18,21,24-27,32-33,37,41-43,45-46,48-56,58-59,61-65H2,1-6H3,(H-,70,72,74,75)/b13-10-,22-19-,23-20-,30-28-,31-29-,35-34-,39-36-,40-38-,47-44-,60-57+. The number of quaternary nitrogens is 1. The van der Waals surface area contributed by atoms with Crippen molar-refractivity contribution in [3.8, 4) is 0 Å². The number of rotatable bonds is 56. The van der Waals surface area contributed by atoms with Crippen LogP contribution in [0, 0.1) is 0 Å². The van der Waals surface area contributed by atoms with E-state index in [4.69, 9.17) is 13.8 Å². The largest absolute Gasteiger partial charge is 0.756 e. The van der Waals surface area contributed by atoms with E-state index in [0.717, 1.165) is 122 Å². The Hall–Kier alpha value is -3.59. The molecule has 0 heterocycles. The highest BCUT2D eigenvalue weighted by molar-refractivity contribution is 7.45. The van der Waals surface area contributed by atoms with E-state index in [1.165, 1.54) is 83.5 Å². The Balaban J connectivity index is 5.38. The summed E-state index contributed by atoms with van der Waals surface area (Å²) in [5.74, 6) is -0.605. The third-order valence-electron chi connectivity index (χ3n) is 13.4. The van der Waals surface area contributed by atoms with Crippen molar-refractivity contribution in [2.24, 2.45) is 0 Å². The number of hydrogen-bond acceptors (Lipinski definition) is 7. The third-order valence-corrected chi connectivity index (χ3v) is 14.3. The highest BCUT2D eigenvalue weighted by Gasteiger charge is 2.27. The molecule has 0 aromatic heterocycles. The highest BCUT2D eigenvalue weighted by atomic mass is 31.2. The number of hydrogen-bond donors (Lipinski definition) is 1. The molecular weight excluding hydrogens is 1000 g/mol. The quantitative estimate of drug-likeness (QED) is 0.0212. The average molecular weight is 1120 g/mol. The Morgan fingerprint density at radius 3 is 1.25 bits per heavy atom. The summed E-state index contributed by atoms with van der Waals surface area (Å²) in [7, 11) is 1.14. The van der Waals surface area contributed by atoms with Gasteiger partial charge in [0.05, 0.1) is 33.8 Å². The fourth-order valence-electron chi connectivity index (χ4n) is 8.47. The molecule has 0 aliphatic heterocycles. The van der Waals surface area contributed by atoms with Gasteiger partial charge in [0.1, 0.15) is 19.3 Å². The molecule has 0 bridgehead atoms. The van der Waals surface area contributed by atoms with E-state index in [-0.39, 0.29) is 31.3 Å². The smallest absolute Gasteiger partial charge is 0.306 e. The first-order chi connectivity index (χ1) is 38.4. The van der Waals surface area contributed by atoms with Crippen molar-refractivity contribution in [3.63, 3.8) is 0 Å². The molecule has 79 heavy (non-hydrogen) atoms. The molecule has 3 atom stereocenters. The van der Waals surface area contributed by atoms with Crippen molar-refractivity contribution in [2.75, 3.05) is 40.9 Å². The normalized spacial score (nSPS) is 14.5. The molecular formula is C69H119N2O7P. The molecule has 0 saturated heterocycles. The van der Waals surface area contributed by atoms with Crippen LogP contribution in [0.3, 0.4) is 0 Å². The van der Waals surface area contributed by atoms with Crippen LogP contribution in [-0.2, 0) is 27.9 Å². The molecule has 1 N–H and O–H groups in total. The number of allylic oxidation sites excluding steroid dienone is 19. The Labute approximate surface area is 486 Å². The zero-order valence-electron chi connectivity index (χ0n) is 51.5. The van der Waals surface area contributed by atoms with Gasteiger partial charge in [-0.15, -0.1) is 0 Å². The summed E-state index contributed by atoms with van der Waals surface area (Å²) >= 11 is 0. The van der Waals surface area contributed by atoms with Crippen LogP contribution in [-0.4, -0.2) is 69.4 Å². The van der Waals surface area contributed by atoms with Crippen LogP contribution in [0.1, 0.15) is 252 Å². The van der Waals surface area contributed by atoms with Crippen LogP contribution in [0.5, 0.6) is 0 Å². The molecule has 0 fully saturated rings. The summed E-state index contributed by atoms with van der Waals surface area (Å²) < 4.78 is 30.3. The fourth-order valence-corrected chi connectivity index (χ4v) is 9.19. The molecule has 0 aliphatic rings. The van der Waals surface area contributed by atoms with Gasteiger partial charge in [-0.2, -0.15) is 0 Å². The van der Waals surface area contributed by atoms with E-state index in [0.29, 0.717) is 23.9 Å². The maximum atomic E-state index is 13.6. The number of nitrogens with zero attached hydrogens (tertiary/aromatic N) is 1. The van der Waals surface area contributed by atoms with Gasteiger partial charge < -0.3 is 28.5 Å². The first-order valence-corrected chi connectivity index (χ1v) is 33.3. The first-order valence-electron chi connectivity index (χ1n) is 31.8. The number of likely N-dealkylation sites (N-methyl/N-ethyl adjacent to an activating group) is 1. The van der Waals surface area contributed by atoms with Crippen molar-refractivity contribution in [1.82, 2.24) is 5.32 Å². The molecule has 0 aliphatic carbocycles. The van der Waals surface area contributed by atoms with Crippen molar-refractivity contribution in [3.05, 3.63) is 122 Å². The highest BCUT2D eigenvalue weighted by Crippen LogP contribution is 2.38. The topological polar surface area (TPSA) is 114 Å². The summed E-state index contributed by atoms with van der Waals surface area (Å²) in [5.41, 5.74) is 0. The van der Waals surface area contributed by atoms with Gasteiger partial charge >= 0.3 is 5.97 Å². The van der Waals surface area contributed by atoms with Crippen molar-refractivity contribution in [1.29, 1.82) is 0 Å². The fraction of sp³-hybridized carbons (Fsp3) is 0.681. The van der Waals surface area contributed by atoms with E-state index >= 15 is 0 Å². The minimum atomic E-state index is -4.72. The lowest BCUT2D eigenvalue weighted by molar-refractivity contribution is -0.870. The van der Waals surface area contributed by atoms with E-state index in [2.05, 4.69) is 135 Å². The third kappa shape index (κ3) is 58.9. The number of nitrogens with one attached hydrogen (secondary N) is 1. The monoisotopic (exact) mass is 1120 g/mol. The van der Waals surface area contributed by atoms with Gasteiger partial charge in [-0.3, -0.25) is 14.2 Å². The van der Waals surface area contributed by atoms with Gasteiger partial charge in [0.15, 0.2) is 0 Å². The summed E-state index contributed by atoms with van der Waals surface area (Å²) in [5, 5.41) is 3.01. The van der Waals surface area contributed by atoms with E-state index in [1.807, 2.05) is 33.3 Å². The average Bonchev–Trinajstić information content (AvgIpc) is 3.41. The minimum Gasteiger partial charge on any atom is -0.756 e. The van der Waals surface area contributed by atoms with Gasteiger partial charge in [-0.25, -0.2) is 0 Å². The summed E-state index contributed by atoms with van der Waals surface area (Å²) in [6.07, 6.45) is 80.2. The molecule has 0 radical (unpaired) electrons. The van der Waals surface area contributed by atoms with Crippen LogP contribution in [0.4, 0.5) is 0 Å². The van der Waals surface area contributed by atoms with Gasteiger partial charge in [0.25, 0.3) is 7.82 Å². The van der Waals surface area contributed by atoms with Gasteiger partial charge in [0, 0.05) is 12.8 Å². The Bertz CT molecular complexity index is 1770. The van der Waals surface area contributed by atoms with Crippen LogP contribution in [0.25, 0.3) is 0 Å². The van der Waals surface area contributed by atoms with Crippen LogP contribution in [0.2, 0.25) is 0 Å². The number of amides is 1. The van der Waals surface area contributed by atoms with Gasteiger partial charge in [-0.05, 0) is 122 Å². The summed E-state index contributed by atoms with van der Waals surface area (Å²) in [6.45, 7) is 6.65. The number of carbonyl (C=O) groups excluding carboxylic acids is 2. The predicted octanol–water partition coefficient (Wildman–Crippen LogP) is 19.3. The van der Waals surface area contributed by atoms with E-state index in [9.17, 15) is 19.0 Å². The second-order valence-electron chi connectivity index (χ2n) is 22.2. The number of ether oxygens (including phenoxy) is 1. The van der Waals surface area contributed by atoms with E-state index in [1.54, 1.807) is 0 Å². The molecule has 1 amide bonds. The Morgan fingerprint density at radius 1 is 0.456 bits per heavy atom. The minimum absolute atomic E-state index is 0.0384.